The summed E-state index contributed by atoms with van der Waals surface area (Å²) in [7, 11) is 1.46. The SMILES string of the molecule is CN1CC(=O)N(CCCC(=O)NCC(O)C(F)(F)F)C1=O. The lowest BCUT2D eigenvalue weighted by atomic mass is 10.2. The van der Waals surface area contributed by atoms with Crippen LogP contribution in [0.4, 0.5) is 18.0 Å². The number of carbonyl (C=O) groups excluding carboxylic acids is 3. The first-order chi connectivity index (χ1) is 9.62. The van der Waals surface area contributed by atoms with E-state index in [0.717, 1.165) is 4.90 Å². The summed E-state index contributed by atoms with van der Waals surface area (Å²) in [5.41, 5.74) is 0. The van der Waals surface area contributed by atoms with Crippen molar-refractivity contribution in [2.24, 2.45) is 0 Å². The van der Waals surface area contributed by atoms with Gasteiger partial charge >= 0.3 is 12.2 Å². The van der Waals surface area contributed by atoms with E-state index in [4.69, 9.17) is 5.11 Å². The number of hydrogen-bond acceptors (Lipinski definition) is 4. The number of aliphatic hydroxyl groups is 1. The highest BCUT2D eigenvalue weighted by Gasteiger charge is 2.38. The van der Waals surface area contributed by atoms with Gasteiger partial charge in [0.25, 0.3) is 0 Å². The highest BCUT2D eigenvalue weighted by Crippen LogP contribution is 2.19. The van der Waals surface area contributed by atoms with Gasteiger partial charge in [-0.15, -0.1) is 0 Å². The molecule has 0 radical (unpaired) electrons. The zero-order valence-corrected chi connectivity index (χ0v) is 11.3. The Bertz CT molecular complexity index is 427. The first-order valence-corrected chi connectivity index (χ1v) is 6.20. The number of urea groups is 1. The number of likely N-dealkylation sites (N-methyl/N-ethyl adjacent to an activating group) is 1. The highest BCUT2D eigenvalue weighted by atomic mass is 19.4. The lowest BCUT2D eigenvalue weighted by molar-refractivity contribution is -0.201. The first kappa shape index (κ1) is 17.2. The molecule has 0 aromatic heterocycles. The van der Waals surface area contributed by atoms with E-state index in [0.29, 0.717) is 0 Å². The normalized spacial score (nSPS) is 17.4. The number of rotatable bonds is 6. The number of imide groups is 1. The molecule has 1 atom stereocenters. The van der Waals surface area contributed by atoms with Gasteiger partial charge in [-0.1, -0.05) is 0 Å². The average Bonchev–Trinajstić information content (AvgIpc) is 2.61. The number of amides is 4. The topological polar surface area (TPSA) is 90.0 Å². The molecule has 0 spiro atoms. The van der Waals surface area contributed by atoms with Gasteiger partial charge in [-0.25, -0.2) is 4.79 Å². The van der Waals surface area contributed by atoms with Crippen molar-refractivity contribution in [2.75, 3.05) is 26.7 Å². The Morgan fingerprint density at radius 1 is 1.43 bits per heavy atom. The maximum Gasteiger partial charge on any atom is 0.416 e. The van der Waals surface area contributed by atoms with Crippen LogP contribution in [0.15, 0.2) is 0 Å². The molecule has 1 aliphatic rings. The van der Waals surface area contributed by atoms with E-state index in [2.05, 4.69) is 0 Å². The molecule has 1 heterocycles. The fourth-order valence-corrected chi connectivity index (χ4v) is 1.70. The largest absolute Gasteiger partial charge is 0.416 e. The summed E-state index contributed by atoms with van der Waals surface area (Å²) in [6, 6.07) is -0.465. The molecule has 0 bridgehead atoms. The van der Waals surface area contributed by atoms with E-state index in [1.54, 1.807) is 0 Å². The summed E-state index contributed by atoms with van der Waals surface area (Å²) < 4.78 is 36.0. The van der Waals surface area contributed by atoms with Crippen molar-refractivity contribution in [2.45, 2.75) is 25.1 Å². The molecule has 21 heavy (non-hydrogen) atoms. The van der Waals surface area contributed by atoms with Crippen LogP contribution in [0.25, 0.3) is 0 Å². The van der Waals surface area contributed by atoms with E-state index in [1.165, 1.54) is 11.9 Å². The highest BCUT2D eigenvalue weighted by molar-refractivity contribution is 6.01. The van der Waals surface area contributed by atoms with Gasteiger partial charge in [0.05, 0.1) is 6.54 Å². The Morgan fingerprint density at radius 2 is 2.05 bits per heavy atom. The van der Waals surface area contributed by atoms with Crippen molar-refractivity contribution in [3.63, 3.8) is 0 Å². The second kappa shape index (κ2) is 6.74. The van der Waals surface area contributed by atoms with Crippen LogP contribution in [0.3, 0.4) is 0 Å². The van der Waals surface area contributed by atoms with Crippen LogP contribution in [0.2, 0.25) is 0 Å². The summed E-state index contributed by atoms with van der Waals surface area (Å²) in [6.45, 7) is -0.924. The van der Waals surface area contributed by atoms with Crippen LogP contribution in [0, 0.1) is 0 Å². The molecule has 120 valence electrons. The smallest absolute Gasteiger partial charge is 0.382 e. The van der Waals surface area contributed by atoms with Crippen LogP contribution in [0.5, 0.6) is 0 Å². The lowest BCUT2D eigenvalue weighted by Crippen LogP contribution is -2.41. The quantitative estimate of drug-likeness (QED) is 0.659. The summed E-state index contributed by atoms with van der Waals surface area (Å²) in [5.74, 6) is -1.07. The molecule has 1 saturated heterocycles. The predicted octanol–water partition coefficient (Wildman–Crippen LogP) is -0.300. The third-order valence-corrected chi connectivity index (χ3v) is 2.89. The van der Waals surface area contributed by atoms with Crippen LogP contribution in [-0.2, 0) is 9.59 Å². The number of carbonyl (C=O) groups is 3. The van der Waals surface area contributed by atoms with Gasteiger partial charge < -0.3 is 15.3 Å². The first-order valence-electron chi connectivity index (χ1n) is 6.20. The molecule has 4 amide bonds. The Balaban J connectivity index is 2.25. The van der Waals surface area contributed by atoms with Crippen LogP contribution < -0.4 is 5.32 Å². The molecule has 0 aliphatic carbocycles. The molecule has 1 unspecified atom stereocenters. The second-order valence-electron chi connectivity index (χ2n) is 4.65. The van der Waals surface area contributed by atoms with E-state index in [9.17, 15) is 27.6 Å². The fourth-order valence-electron chi connectivity index (χ4n) is 1.70. The average molecular weight is 311 g/mol. The van der Waals surface area contributed by atoms with Gasteiger partial charge in [0.15, 0.2) is 6.10 Å². The number of halogens is 3. The van der Waals surface area contributed by atoms with Gasteiger partial charge in [0.1, 0.15) is 6.54 Å². The second-order valence-corrected chi connectivity index (χ2v) is 4.65. The van der Waals surface area contributed by atoms with Crippen LogP contribution in [-0.4, -0.2) is 71.7 Å². The standard InChI is InChI=1S/C11H16F3N3O4/c1-16-6-9(20)17(10(16)21)4-2-3-8(19)15-5-7(18)11(12,13)14/h7,18H,2-6H2,1H3,(H,15,19). The molecule has 1 rings (SSSR count). The van der Waals surface area contributed by atoms with Crippen LogP contribution >= 0.6 is 0 Å². The molecule has 2 N–H and O–H groups in total. The Hall–Kier alpha value is -1.84. The molecular formula is C11H16F3N3O4. The molecule has 1 fully saturated rings. The summed E-state index contributed by atoms with van der Waals surface area (Å²) >= 11 is 0. The Morgan fingerprint density at radius 3 is 2.52 bits per heavy atom. The van der Waals surface area contributed by atoms with Gasteiger partial charge in [-0.3, -0.25) is 14.5 Å². The summed E-state index contributed by atoms with van der Waals surface area (Å²) in [6.07, 6.45) is -7.41. The number of alkyl halides is 3. The monoisotopic (exact) mass is 311 g/mol. The molecular weight excluding hydrogens is 295 g/mol. The van der Waals surface area contributed by atoms with Crippen LogP contribution in [0.1, 0.15) is 12.8 Å². The molecule has 10 heteroatoms. The fraction of sp³-hybridized carbons (Fsp3) is 0.727. The van der Waals surface area contributed by atoms with E-state index >= 15 is 0 Å². The molecule has 1 aliphatic heterocycles. The molecule has 0 aromatic carbocycles. The van der Waals surface area contributed by atoms with E-state index < -0.39 is 30.8 Å². The summed E-state index contributed by atoms with van der Waals surface area (Å²) in [4.78, 5) is 36.4. The van der Waals surface area contributed by atoms with E-state index in [1.807, 2.05) is 5.32 Å². The van der Waals surface area contributed by atoms with Crippen molar-refractivity contribution in [3.8, 4) is 0 Å². The zero-order chi connectivity index (χ0) is 16.2. The van der Waals surface area contributed by atoms with Crippen molar-refractivity contribution < 1.29 is 32.7 Å². The number of nitrogens with zero attached hydrogens (tertiary/aromatic N) is 2. The number of nitrogens with one attached hydrogen (secondary N) is 1. The minimum atomic E-state index is -4.79. The Labute approximate surface area is 118 Å². The Kier molecular flexibility index (Phi) is 5.53. The molecule has 0 aromatic rings. The predicted molar refractivity (Wildman–Crippen MR) is 64.0 cm³/mol. The summed E-state index contributed by atoms with van der Waals surface area (Å²) in [5, 5.41) is 10.6. The van der Waals surface area contributed by atoms with E-state index in [-0.39, 0.29) is 31.8 Å². The maximum absolute atomic E-state index is 12.0. The number of aliphatic hydroxyl groups excluding tert-OH is 1. The third-order valence-electron chi connectivity index (χ3n) is 2.89. The third kappa shape index (κ3) is 4.88. The minimum Gasteiger partial charge on any atom is -0.382 e. The minimum absolute atomic E-state index is 0.0250. The van der Waals surface area contributed by atoms with Gasteiger partial charge in [-0.2, -0.15) is 13.2 Å². The lowest BCUT2D eigenvalue weighted by Gasteiger charge is -2.16. The van der Waals surface area contributed by atoms with Crippen molar-refractivity contribution >= 4 is 17.8 Å². The van der Waals surface area contributed by atoms with Gasteiger partial charge in [-0.05, 0) is 6.42 Å². The van der Waals surface area contributed by atoms with Crippen molar-refractivity contribution in [3.05, 3.63) is 0 Å². The zero-order valence-electron chi connectivity index (χ0n) is 11.3. The van der Waals surface area contributed by atoms with Gasteiger partial charge in [0.2, 0.25) is 11.8 Å². The molecule has 0 saturated carbocycles. The number of hydrogen-bond donors (Lipinski definition) is 2. The maximum atomic E-state index is 12.0. The van der Waals surface area contributed by atoms with Crippen molar-refractivity contribution in [1.82, 2.24) is 15.1 Å². The molecule has 7 nitrogen and oxygen atoms in total. The van der Waals surface area contributed by atoms with Gasteiger partial charge in [0, 0.05) is 20.0 Å². The van der Waals surface area contributed by atoms with Crippen molar-refractivity contribution in [1.29, 1.82) is 0 Å².